The van der Waals surface area contributed by atoms with Gasteiger partial charge >= 0.3 is 5.97 Å². The summed E-state index contributed by atoms with van der Waals surface area (Å²) in [6.45, 7) is 1.08. The number of hydrogen-bond donors (Lipinski definition) is 2. The Kier molecular flexibility index (Phi) is 4.41. The number of benzene rings is 1. The molecule has 9 heteroatoms. The lowest BCUT2D eigenvalue weighted by atomic mass is 10.3. The van der Waals surface area contributed by atoms with Gasteiger partial charge in [0.1, 0.15) is 22.6 Å². The minimum atomic E-state index is -4.40. The van der Waals surface area contributed by atoms with Gasteiger partial charge in [0.05, 0.1) is 0 Å². The average Bonchev–Trinajstić information content (AvgIpc) is 2.13. The average molecular weight is 344 g/mol. The van der Waals surface area contributed by atoms with Crippen molar-refractivity contribution in [2.45, 2.75) is 17.9 Å². The van der Waals surface area contributed by atoms with Crippen molar-refractivity contribution < 1.29 is 27.1 Å². The summed E-state index contributed by atoms with van der Waals surface area (Å²) in [4.78, 5) is 9.70. The third-order valence-corrected chi connectivity index (χ3v) is 4.44. The molecular formula is C9H8BrF2NO4S. The van der Waals surface area contributed by atoms with Gasteiger partial charge in [-0.2, -0.15) is 4.72 Å². The Morgan fingerprint density at radius 3 is 2.44 bits per heavy atom. The van der Waals surface area contributed by atoms with Crippen LogP contribution >= 0.6 is 15.9 Å². The number of nitrogens with one attached hydrogen (secondary N) is 1. The first-order valence-electron chi connectivity index (χ1n) is 4.55. The summed E-state index contributed by atoms with van der Waals surface area (Å²) in [6.07, 6.45) is 0. The lowest BCUT2D eigenvalue weighted by Crippen LogP contribution is -2.38. The fraction of sp³-hybridized carbons (Fsp3) is 0.222. The molecule has 0 heterocycles. The van der Waals surface area contributed by atoms with E-state index in [1.807, 2.05) is 0 Å². The van der Waals surface area contributed by atoms with Crippen LogP contribution in [0.4, 0.5) is 8.78 Å². The predicted molar refractivity (Wildman–Crippen MR) is 61.5 cm³/mol. The summed E-state index contributed by atoms with van der Waals surface area (Å²) in [5, 5.41) is 8.58. The van der Waals surface area contributed by atoms with Gasteiger partial charge in [-0.3, -0.25) is 4.79 Å². The number of carboxylic acid groups (broad SMARTS) is 1. The maximum atomic E-state index is 13.4. The summed E-state index contributed by atoms with van der Waals surface area (Å²) in [5.41, 5.74) is 0. The number of carbonyl (C=O) groups is 1. The predicted octanol–water partition coefficient (Wildman–Crippen LogP) is 1.48. The van der Waals surface area contributed by atoms with Crippen LogP contribution in [0.15, 0.2) is 21.5 Å². The molecule has 2 N–H and O–H groups in total. The Bertz CT molecular complexity index is 567. The normalized spacial score (nSPS) is 13.3. The molecule has 0 fully saturated rings. The van der Waals surface area contributed by atoms with E-state index in [0.717, 1.165) is 13.0 Å². The van der Waals surface area contributed by atoms with Crippen molar-refractivity contribution in [1.82, 2.24) is 4.72 Å². The smallest absolute Gasteiger partial charge is 0.321 e. The molecule has 1 rings (SSSR count). The van der Waals surface area contributed by atoms with Crippen molar-refractivity contribution >= 4 is 31.9 Å². The Labute approximate surface area is 110 Å². The first-order valence-corrected chi connectivity index (χ1v) is 6.82. The van der Waals surface area contributed by atoms with Crippen molar-refractivity contribution in [2.24, 2.45) is 0 Å². The Hall–Kier alpha value is -1.06. The fourth-order valence-electron chi connectivity index (χ4n) is 1.13. The van der Waals surface area contributed by atoms with Crippen molar-refractivity contribution in [3.63, 3.8) is 0 Å². The van der Waals surface area contributed by atoms with Crippen LogP contribution in [0.2, 0.25) is 0 Å². The molecule has 0 aliphatic heterocycles. The van der Waals surface area contributed by atoms with E-state index in [-0.39, 0.29) is 4.47 Å². The summed E-state index contributed by atoms with van der Waals surface area (Å²) in [5.74, 6) is -3.69. The molecule has 18 heavy (non-hydrogen) atoms. The fourth-order valence-corrected chi connectivity index (χ4v) is 3.49. The molecule has 0 spiro atoms. The molecule has 1 atom stereocenters. The molecule has 5 nitrogen and oxygen atoms in total. The Morgan fingerprint density at radius 1 is 1.44 bits per heavy atom. The van der Waals surface area contributed by atoms with E-state index in [0.29, 0.717) is 6.07 Å². The second kappa shape index (κ2) is 5.29. The Balaban J connectivity index is 3.25. The third-order valence-electron chi connectivity index (χ3n) is 1.93. The molecule has 0 aliphatic carbocycles. The summed E-state index contributed by atoms with van der Waals surface area (Å²) in [6, 6.07) is -0.278. The lowest BCUT2D eigenvalue weighted by Gasteiger charge is -2.12. The largest absolute Gasteiger partial charge is 0.480 e. The topological polar surface area (TPSA) is 83.5 Å². The zero-order chi connectivity index (χ0) is 14.1. The van der Waals surface area contributed by atoms with Gasteiger partial charge in [0.25, 0.3) is 0 Å². The van der Waals surface area contributed by atoms with Crippen LogP contribution < -0.4 is 4.72 Å². The Morgan fingerprint density at radius 2 is 2.00 bits per heavy atom. The van der Waals surface area contributed by atoms with E-state index in [1.54, 1.807) is 4.72 Å². The second-order valence-corrected chi connectivity index (χ2v) is 5.88. The van der Waals surface area contributed by atoms with Crippen molar-refractivity contribution in [1.29, 1.82) is 0 Å². The maximum Gasteiger partial charge on any atom is 0.321 e. The summed E-state index contributed by atoms with van der Waals surface area (Å²) < 4.78 is 51.1. The van der Waals surface area contributed by atoms with Gasteiger partial charge in [0.2, 0.25) is 10.0 Å². The SMILES string of the molecule is CC(NS(=O)(=O)c1c(F)cc(F)cc1Br)C(=O)O. The van der Waals surface area contributed by atoms with Crippen molar-refractivity contribution in [3.05, 3.63) is 28.2 Å². The number of halogens is 3. The van der Waals surface area contributed by atoms with Crippen LogP contribution in [0, 0.1) is 11.6 Å². The molecule has 100 valence electrons. The second-order valence-electron chi connectivity index (χ2n) is 3.38. The van der Waals surface area contributed by atoms with E-state index in [1.165, 1.54) is 0 Å². The molecule has 0 saturated heterocycles. The van der Waals surface area contributed by atoms with E-state index >= 15 is 0 Å². The van der Waals surface area contributed by atoms with Gasteiger partial charge in [-0.1, -0.05) is 0 Å². The zero-order valence-electron chi connectivity index (χ0n) is 8.95. The van der Waals surface area contributed by atoms with Crippen molar-refractivity contribution in [3.8, 4) is 0 Å². The molecule has 0 aliphatic rings. The molecule has 1 aromatic carbocycles. The number of carboxylic acids is 1. The van der Waals surface area contributed by atoms with Crippen LogP contribution in [-0.4, -0.2) is 25.5 Å². The highest BCUT2D eigenvalue weighted by Gasteiger charge is 2.27. The molecule has 1 aromatic rings. The summed E-state index contributed by atoms with van der Waals surface area (Å²) in [7, 11) is -4.40. The number of rotatable bonds is 4. The quantitative estimate of drug-likeness (QED) is 0.867. The van der Waals surface area contributed by atoms with Gasteiger partial charge in [-0.05, 0) is 28.9 Å². The van der Waals surface area contributed by atoms with Crippen LogP contribution in [0.3, 0.4) is 0 Å². The maximum absolute atomic E-state index is 13.4. The van der Waals surface area contributed by atoms with E-state index in [4.69, 9.17) is 5.11 Å². The molecule has 0 amide bonds. The van der Waals surface area contributed by atoms with Gasteiger partial charge in [-0.25, -0.2) is 17.2 Å². The number of sulfonamides is 1. The molecule has 0 radical (unpaired) electrons. The minimum Gasteiger partial charge on any atom is -0.480 e. The molecule has 0 bridgehead atoms. The zero-order valence-corrected chi connectivity index (χ0v) is 11.3. The van der Waals surface area contributed by atoms with Crippen LogP contribution in [0.25, 0.3) is 0 Å². The van der Waals surface area contributed by atoms with Crippen LogP contribution in [0.5, 0.6) is 0 Å². The van der Waals surface area contributed by atoms with Gasteiger partial charge in [0, 0.05) is 10.5 Å². The third kappa shape index (κ3) is 3.24. The molecule has 0 saturated carbocycles. The van der Waals surface area contributed by atoms with E-state index in [2.05, 4.69) is 15.9 Å². The first kappa shape index (κ1) is 15.0. The highest BCUT2D eigenvalue weighted by atomic mass is 79.9. The van der Waals surface area contributed by atoms with Crippen LogP contribution in [0.1, 0.15) is 6.92 Å². The van der Waals surface area contributed by atoms with E-state index in [9.17, 15) is 22.0 Å². The highest BCUT2D eigenvalue weighted by molar-refractivity contribution is 9.10. The standard InChI is InChI=1S/C9H8BrF2NO4S/c1-4(9(14)15)13-18(16,17)8-6(10)2-5(11)3-7(8)12/h2-4,13H,1H3,(H,14,15). The molecule has 0 aromatic heterocycles. The minimum absolute atomic E-state index is 0.329. The van der Waals surface area contributed by atoms with Gasteiger partial charge in [0.15, 0.2) is 0 Å². The number of hydrogen-bond acceptors (Lipinski definition) is 3. The van der Waals surface area contributed by atoms with Gasteiger partial charge in [-0.15, -0.1) is 0 Å². The van der Waals surface area contributed by atoms with Crippen molar-refractivity contribution in [2.75, 3.05) is 0 Å². The highest BCUT2D eigenvalue weighted by Crippen LogP contribution is 2.26. The monoisotopic (exact) mass is 343 g/mol. The molecule has 1 unspecified atom stereocenters. The van der Waals surface area contributed by atoms with E-state index < -0.39 is 38.6 Å². The molecular weight excluding hydrogens is 336 g/mol. The lowest BCUT2D eigenvalue weighted by molar-refractivity contribution is -0.138. The summed E-state index contributed by atoms with van der Waals surface area (Å²) >= 11 is 2.71. The first-order chi connectivity index (χ1) is 8.15. The van der Waals surface area contributed by atoms with Gasteiger partial charge < -0.3 is 5.11 Å². The van der Waals surface area contributed by atoms with Crippen LogP contribution in [-0.2, 0) is 14.8 Å². The number of aliphatic carboxylic acids is 1.